The lowest BCUT2D eigenvalue weighted by molar-refractivity contribution is 0.0697. The van der Waals surface area contributed by atoms with Gasteiger partial charge in [-0.1, -0.05) is 44.9 Å². The van der Waals surface area contributed by atoms with Gasteiger partial charge in [-0.05, 0) is 25.0 Å². The molecule has 0 fully saturated rings. The highest BCUT2D eigenvalue weighted by molar-refractivity contribution is 7.89. The van der Waals surface area contributed by atoms with Gasteiger partial charge in [0.25, 0.3) is 0 Å². The SMILES string of the molecule is CCCCC(CC)S(N)(=O)=O.O=C(O)c1ccccc1. The molecule has 0 aliphatic carbocycles. The molecule has 0 heterocycles. The Morgan fingerprint density at radius 3 is 2.10 bits per heavy atom. The molecule has 0 saturated carbocycles. The molecule has 0 aliphatic heterocycles. The van der Waals surface area contributed by atoms with Crippen LogP contribution in [0.4, 0.5) is 0 Å². The van der Waals surface area contributed by atoms with Crippen LogP contribution in [-0.2, 0) is 10.0 Å². The third-order valence-corrected chi connectivity index (χ3v) is 4.32. The first-order valence-electron chi connectivity index (χ1n) is 6.62. The van der Waals surface area contributed by atoms with Crippen molar-refractivity contribution in [1.29, 1.82) is 0 Å². The first kappa shape index (κ1) is 18.6. The van der Waals surface area contributed by atoms with E-state index in [4.69, 9.17) is 10.2 Å². The largest absolute Gasteiger partial charge is 0.478 e. The quantitative estimate of drug-likeness (QED) is 0.844. The summed E-state index contributed by atoms with van der Waals surface area (Å²) in [4.78, 5) is 10.2. The van der Waals surface area contributed by atoms with Gasteiger partial charge in [-0.2, -0.15) is 0 Å². The van der Waals surface area contributed by atoms with E-state index in [1.807, 2.05) is 13.8 Å². The van der Waals surface area contributed by atoms with Crippen molar-refractivity contribution < 1.29 is 18.3 Å². The van der Waals surface area contributed by atoms with E-state index in [0.717, 1.165) is 12.8 Å². The van der Waals surface area contributed by atoms with Crippen molar-refractivity contribution in [3.63, 3.8) is 0 Å². The number of sulfonamides is 1. The molecule has 1 unspecified atom stereocenters. The summed E-state index contributed by atoms with van der Waals surface area (Å²) in [5.74, 6) is -0.879. The molecule has 6 heteroatoms. The summed E-state index contributed by atoms with van der Waals surface area (Å²) in [5.41, 5.74) is 0.331. The van der Waals surface area contributed by atoms with Gasteiger partial charge in [0.05, 0.1) is 10.8 Å². The van der Waals surface area contributed by atoms with E-state index in [-0.39, 0.29) is 5.25 Å². The number of rotatable bonds is 6. The van der Waals surface area contributed by atoms with Crippen LogP contribution in [0.3, 0.4) is 0 Å². The van der Waals surface area contributed by atoms with Crippen molar-refractivity contribution >= 4 is 16.0 Å². The minimum atomic E-state index is -3.29. The zero-order chi connectivity index (χ0) is 15.6. The molecule has 0 aromatic heterocycles. The molecule has 0 saturated heterocycles. The fourth-order valence-electron chi connectivity index (χ4n) is 1.61. The number of benzene rings is 1. The maximum absolute atomic E-state index is 10.8. The predicted molar refractivity (Wildman–Crippen MR) is 80.1 cm³/mol. The van der Waals surface area contributed by atoms with Crippen molar-refractivity contribution in [2.75, 3.05) is 0 Å². The monoisotopic (exact) mass is 301 g/mol. The Kier molecular flexibility index (Phi) is 8.83. The summed E-state index contributed by atoms with van der Waals surface area (Å²) in [7, 11) is -3.29. The smallest absolute Gasteiger partial charge is 0.335 e. The Morgan fingerprint density at radius 2 is 1.80 bits per heavy atom. The first-order valence-corrected chi connectivity index (χ1v) is 8.23. The lowest BCUT2D eigenvalue weighted by Crippen LogP contribution is -2.27. The van der Waals surface area contributed by atoms with Crippen molar-refractivity contribution in [3.8, 4) is 0 Å². The second-order valence-corrected chi connectivity index (χ2v) is 6.28. The first-order chi connectivity index (χ1) is 9.32. The van der Waals surface area contributed by atoms with E-state index in [9.17, 15) is 13.2 Å². The highest BCUT2D eigenvalue weighted by atomic mass is 32.2. The van der Waals surface area contributed by atoms with Crippen molar-refractivity contribution in [2.45, 2.75) is 44.8 Å². The number of aromatic carboxylic acids is 1. The molecule has 114 valence electrons. The number of nitrogens with two attached hydrogens (primary N) is 1. The van der Waals surface area contributed by atoms with Crippen LogP contribution in [0.5, 0.6) is 0 Å². The van der Waals surface area contributed by atoms with Crippen molar-refractivity contribution in [1.82, 2.24) is 0 Å². The van der Waals surface area contributed by atoms with E-state index >= 15 is 0 Å². The predicted octanol–water partition coefficient (Wildman–Crippen LogP) is 2.63. The second kappa shape index (κ2) is 9.50. The summed E-state index contributed by atoms with van der Waals surface area (Å²) in [5, 5.41) is 13.1. The van der Waals surface area contributed by atoms with Crippen LogP contribution in [0.1, 0.15) is 49.9 Å². The summed E-state index contributed by atoms with van der Waals surface area (Å²) in [6.07, 6.45) is 3.28. The van der Waals surface area contributed by atoms with Crippen LogP contribution in [0.15, 0.2) is 30.3 Å². The molecule has 0 amide bonds. The number of hydrogen-bond acceptors (Lipinski definition) is 3. The number of hydrogen-bond donors (Lipinski definition) is 2. The number of carboxylic acid groups (broad SMARTS) is 1. The van der Waals surface area contributed by atoms with E-state index in [1.54, 1.807) is 30.3 Å². The Morgan fingerprint density at radius 1 is 1.25 bits per heavy atom. The van der Waals surface area contributed by atoms with Gasteiger partial charge in [-0.15, -0.1) is 0 Å². The third-order valence-electron chi connectivity index (χ3n) is 2.82. The molecule has 0 spiro atoms. The van der Waals surface area contributed by atoms with Gasteiger partial charge >= 0.3 is 5.97 Å². The number of carboxylic acids is 1. The average Bonchev–Trinajstić information content (AvgIpc) is 2.40. The highest BCUT2D eigenvalue weighted by Gasteiger charge is 2.17. The number of carbonyl (C=O) groups is 1. The van der Waals surface area contributed by atoms with E-state index < -0.39 is 16.0 Å². The van der Waals surface area contributed by atoms with Crippen LogP contribution < -0.4 is 5.14 Å². The average molecular weight is 301 g/mol. The molecule has 20 heavy (non-hydrogen) atoms. The van der Waals surface area contributed by atoms with E-state index in [2.05, 4.69) is 0 Å². The zero-order valence-corrected chi connectivity index (χ0v) is 12.8. The Hall–Kier alpha value is -1.40. The van der Waals surface area contributed by atoms with Gasteiger partial charge in [0, 0.05) is 0 Å². The maximum Gasteiger partial charge on any atom is 0.335 e. The molecule has 1 atom stereocenters. The summed E-state index contributed by atoms with van der Waals surface area (Å²) >= 11 is 0. The standard InChI is InChI=1S/C7H17NO2S.C7H6O2/c1-3-5-6-7(4-2)11(8,9)10;8-7(9)6-4-2-1-3-5-6/h7H,3-6H2,1-2H3,(H2,8,9,10);1-5H,(H,8,9). The van der Waals surface area contributed by atoms with Gasteiger partial charge in [-0.3, -0.25) is 0 Å². The Labute approximate surface area is 120 Å². The summed E-state index contributed by atoms with van der Waals surface area (Å²) < 4.78 is 21.7. The lowest BCUT2D eigenvalue weighted by Gasteiger charge is -2.10. The minimum Gasteiger partial charge on any atom is -0.478 e. The normalized spacial score (nSPS) is 12.2. The lowest BCUT2D eigenvalue weighted by atomic mass is 10.2. The molecule has 3 N–H and O–H groups in total. The van der Waals surface area contributed by atoms with E-state index in [0.29, 0.717) is 18.4 Å². The molecule has 0 bridgehead atoms. The van der Waals surface area contributed by atoms with Crippen LogP contribution in [0, 0.1) is 0 Å². The molecular weight excluding hydrogens is 278 g/mol. The second-order valence-electron chi connectivity index (χ2n) is 4.43. The van der Waals surface area contributed by atoms with Gasteiger partial charge < -0.3 is 5.11 Å². The molecule has 1 rings (SSSR count). The molecule has 1 aromatic carbocycles. The van der Waals surface area contributed by atoms with E-state index in [1.165, 1.54) is 0 Å². The van der Waals surface area contributed by atoms with Crippen LogP contribution in [0.2, 0.25) is 0 Å². The Bertz CT molecular complexity index is 485. The maximum atomic E-state index is 10.8. The minimum absolute atomic E-state index is 0.331. The van der Waals surface area contributed by atoms with Gasteiger partial charge in [0.1, 0.15) is 0 Å². The Balaban J connectivity index is 0.000000367. The molecule has 0 radical (unpaired) electrons. The molecule has 0 aliphatic rings. The van der Waals surface area contributed by atoms with Gasteiger partial charge in [0.15, 0.2) is 0 Å². The highest BCUT2D eigenvalue weighted by Crippen LogP contribution is 2.10. The van der Waals surface area contributed by atoms with Gasteiger partial charge in [0.2, 0.25) is 10.0 Å². The molecule has 5 nitrogen and oxygen atoms in total. The van der Waals surface area contributed by atoms with Crippen LogP contribution in [-0.4, -0.2) is 24.7 Å². The van der Waals surface area contributed by atoms with Crippen LogP contribution in [0.25, 0.3) is 0 Å². The fourth-order valence-corrected chi connectivity index (χ4v) is 2.57. The zero-order valence-electron chi connectivity index (χ0n) is 12.0. The molecule has 1 aromatic rings. The topological polar surface area (TPSA) is 97.5 Å². The number of unbranched alkanes of at least 4 members (excludes halogenated alkanes) is 1. The van der Waals surface area contributed by atoms with Gasteiger partial charge in [-0.25, -0.2) is 18.4 Å². The van der Waals surface area contributed by atoms with Crippen LogP contribution >= 0.6 is 0 Å². The summed E-state index contributed by atoms with van der Waals surface area (Å²) in [6.45, 7) is 3.89. The third kappa shape index (κ3) is 7.91. The number of primary sulfonamides is 1. The van der Waals surface area contributed by atoms with Crippen molar-refractivity contribution in [2.24, 2.45) is 5.14 Å². The summed E-state index contributed by atoms with van der Waals surface area (Å²) in [6, 6.07) is 8.30. The fraction of sp³-hybridized carbons (Fsp3) is 0.500. The van der Waals surface area contributed by atoms with Crippen molar-refractivity contribution in [3.05, 3.63) is 35.9 Å². The molecular formula is C14H23NO4S.